The Labute approximate surface area is 150 Å². The van der Waals surface area contributed by atoms with E-state index >= 15 is 0 Å². The molecule has 2 aromatic rings. The molecule has 1 N–H and O–H groups in total. The Morgan fingerprint density at radius 2 is 1.88 bits per heavy atom. The Morgan fingerprint density at radius 3 is 2.50 bits per heavy atom. The summed E-state index contributed by atoms with van der Waals surface area (Å²) in [4.78, 5) is 0. The van der Waals surface area contributed by atoms with Gasteiger partial charge in [-0.2, -0.15) is 5.10 Å². The van der Waals surface area contributed by atoms with Gasteiger partial charge in [0.05, 0.1) is 17.2 Å². The molecule has 1 aromatic heterocycles. The first-order chi connectivity index (χ1) is 10.9. The molecule has 0 saturated carbocycles. The van der Waals surface area contributed by atoms with Crippen LogP contribution < -0.4 is 5.32 Å². The number of nitrogens with zero attached hydrogens (tertiary/aromatic N) is 2. The van der Waals surface area contributed by atoms with Crippen LogP contribution in [0.4, 0.5) is 0 Å². The Kier molecular flexibility index (Phi) is 7.93. The fourth-order valence-corrected chi connectivity index (χ4v) is 3.83. The van der Waals surface area contributed by atoms with Gasteiger partial charge in [0.15, 0.2) is 9.84 Å². The highest BCUT2D eigenvalue weighted by Crippen LogP contribution is 2.16. The quantitative estimate of drug-likeness (QED) is 0.724. The number of aromatic nitrogens is 2. The van der Waals surface area contributed by atoms with Crippen molar-refractivity contribution < 1.29 is 8.42 Å². The maximum Gasteiger partial charge on any atom is 0.155 e. The SMILES string of the molecule is CC(C)c1nn(C)cc1CNCCS(=O)(=O)Cc1ccccc1.Cl. The molecule has 0 aliphatic heterocycles. The van der Waals surface area contributed by atoms with Crippen molar-refractivity contribution in [3.05, 3.63) is 53.3 Å². The van der Waals surface area contributed by atoms with Crippen LogP contribution >= 0.6 is 12.4 Å². The Hall–Kier alpha value is -1.37. The molecule has 5 nitrogen and oxygen atoms in total. The molecule has 0 spiro atoms. The number of halogens is 1. The van der Waals surface area contributed by atoms with Gasteiger partial charge in [-0.1, -0.05) is 44.2 Å². The van der Waals surface area contributed by atoms with Crippen LogP contribution in [-0.2, 0) is 29.2 Å². The highest BCUT2D eigenvalue weighted by Gasteiger charge is 2.13. The van der Waals surface area contributed by atoms with Gasteiger partial charge in [-0.15, -0.1) is 12.4 Å². The first-order valence-corrected chi connectivity index (χ1v) is 9.67. The monoisotopic (exact) mass is 371 g/mol. The van der Waals surface area contributed by atoms with Crippen LogP contribution in [0, 0.1) is 0 Å². The van der Waals surface area contributed by atoms with E-state index in [2.05, 4.69) is 24.3 Å². The zero-order chi connectivity index (χ0) is 16.9. The minimum Gasteiger partial charge on any atom is -0.312 e. The van der Waals surface area contributed by atoms with Gasteiger partial charge in [0.2, 0.25) is 0 Å². The highest BCUT2D eigenvalue weighted by molar-refractivity contribution is 7.90. The van der Waals surface area contributed by atoms with Gasteiger partial charge in [-0.25, -0.2) is 8.42 Å². The van der Waals surface area contributed by atoms with Crippen LogP contribution in [0.1, 0.15) is 36.6 Å². The van der Waals surface area contributed by atoms with Gasteiger partial charge >= 0.3 is 0 Å². The maximum absolute atomic E-state index is 12.1. The normalized spacial score (nSPS) is 11.5. The lowest BCUT2D eigenvalue weighted by Crippen LogP contribution is -2.23. The number of aryl methyl sites for hydroxylation is 1. The van der Waals surface area contributed by atoms with Gasteiger partial charge in [-0.05, 0) is 11.5 Å². The summed E-state index contributed by atoms with van der Waals surface area (Å²) in [6.07, 6.45) is 1.99. The molecule has 0 bridgehead atoms. The lowest BCUT2D eigenvalue weighted by molar-refractivity contribution is 0.589. The van der Waals surface area contributed by atoms with E-state index in [0.717, 1.165) is 16.8 Å². The molecule has 1 aromatic carbocycles. The molecule has 24 heavy (non-hydrogen) atoms. The standard InChI is InChI=1S/C17H25N3O2S.ClH/c1-14(2)17-16(12-20(3)19-17)11-18-9-10-23(21,22)13-15-7-5-4-6-8-15;/h4-8,12,14,18H,9-11,13H2,1-3H3;1H. The second-order valence-corrected chi connectivity index (χ2v) is 8.31. The summed E-state index contributed by atoms with van der Waals surface area (Å²) < 4.78 is 26.1. The van der Waals surface area contributed by atoms with Gasteiger partial charge in [0.1, 0.15) is 0 Å². The summed E-state index contributed by atoms with van der Waals surface area (Å²) in [6, 6.07) is 9.29. The summed E-state index contributed by atoms with van der Waals surface area (Å²) in [6.45, 7) is 5.30. The van der Waals surface area contributed by atoms with Crippen molar-refractivity contribution in [1.82, 2.24) is 15.1 Å². The molecule has 0 unspecified atom stereocenters. The van der Waals surface area contributed by atoms with E-state index in [4.69, 9.17) is 0 Å². The zero-order valence-corrected chi connectivity index (χ0v) is 16.0. The van der Waals surface area contributed by atoms with Crippen molar-refractivity contribution >= 4 is 22.2 Å². The first-order valence-electron chi connectivity index (χ1n) is 7.85. The van der Waals surface area contributed by atoms with E-state index in [1.54, 1.807) is 4.68 Å². The minimum absolute atomic E-state index is 0. The second kappa shape index (κ2) is 9.20. The smallest absolute Gasteiger partial charge is 0.155 e. The van der Waals surface area contributed by atoms with E-state index in [0.29, 0.717) is 19.0 Å². The van der Waals surface area contributed by atoms with Gasteiger partial charge < -0.3 is 5.32 Å². The first kappa shape index (κ1) is 20.7. The van der Waals surface area contributed by atoms with Crippen LogP contribution in [0.2, 0.25) is 0 Å². The topological polar surface area (TPSA) is 64.0 Å². The number of hydrogen-bond donors (Lipinski definition) is 1. The van der Waals surface area contributed by atoms with Crippen molar-refractivity contribution in [3.8, 4) is 0 Å². The molecule has 7 heteroatoms. The molecule has 0 fully saturated rings. The Balaban J connectivity index is 0.00000288. The third-order valence-corrected chi connectivity index (χ3v) is 5.22. The fourth-order valence-electron chi connectivity index (χ4n) is 2.53. The van der Waals surface area contributed by atoms with Crippen molar-refractivity contribution in [2.24, 2.45) is 7.05 Å². The van der Waals surface area contributed by atoms with E-state index in [9.17, 15) is 8.42 Å². The Bertz CT molecular complexity index is 728. The third kappa shape index (κ3) is 6.26. The summed E-state index contributed by atoms with van der Waals surface area (Å²) in [7, 11) is -1.19. The van der Waals surface area contributed by atoms with Crippen LogP contribution in [0.3, 0.4) is 0 Å². The van der Waals surface area contributed by atoms with E-state index < -0.39 is 9.84 Å². The summed E-state index contributed by atoms with van der Waals surface area (Å²) >= 11 is 0. The van der Waals surface area contributed by atoms with Gasteiger partial charge in [0, 0.05) is 31.9 Å². The summed E-state index contributed by atoms with van der Waals surface area (Å²) in [5.74, 6) is 0.591. The molecule has 0 saturated heterocycles. The lowest BCUT2D eigenvalue weighted by Gasteiger charge is -2.08. The van der Waals surface area contributed by atoms with Crippen LogP contribution in [0.25, 0.3) is 0 Å². The molecule has 1 heterocycles. The highest BCUT2D eigenvalue weighted by atomic mass is 35.5. The summed E-state index contributed by atoms with van der Waals surface area (Å²) in [5, 5.41) is 7.67. The Morgan fingerprint density at radius 1 is 1.21 bits per heavy atom. The number of nitrogens with one attached hydrogen (secondary N) is 1. The molecule has 0 amide bonds. The van der Waals surface area contributed by atoms with Crippen molar-refractivity contribution in [2.75, 3.05) is 12.3 Å². The predicted molar refractivity (Wildman–Crippen MR) is 100 cm³/mol. The molecule has 0 radical (unpaired) electrons. The number of benzene rings is 1. The molecular weight excluding hydrogens is 346 g/mol. The summed E-state index contributed by atoms with van der Waals surface area (Å²) in [5.41, 5.74) is 3.02. The molecule has 2 rings (SSSR count). The van der Waals surface area contributed by atoms with Crippen LogP contribution in [0.15, 0.2) is 36.5 Å². The zero-order valence-electron chi connectivity index (χ0n) is 14.4. The molecule has 134 valence electrons. The second-order valence-electron chi connectivity index (χ2n) is 6.12. The van der Waals surface area contributed by atoms with E-state index in [1.165, 1.54) is 0 Å². The minimum atomic E-state index is -3.09. The lowest BCUT2D eigenvalue weighted by atomic mass is 10.1. The third-order valence-electron chi connectivity index (χ3n) is 3.62. The number of hydrogen-bond acceptors (Lipinski definition) is 4. The number of sulfone groups is 1. The maximum atomic E-state index is 12.1. The number of rotatable bonds is 8. The predicted octanol–water partition coefficient (Wildman–Crippen LogP) is 2.67. The molecule has 0 atom stereocenters. The van der Waals surface area contributed by atoms with Crippen LogP contribution in [0.5, 0.6) is 0 Å². The van der Waals surface area contributed by atoms with E-state index in [-0.39, 0.29) is 23.9 Å². The molecule has 0 aliphatic carbocycles. The van der Waals surface area contributed by atoms with Crippen molar-refractivity contribution in [1.29, 1.82) is 0 Å². The van der Waals surface area contributed by atoms with Crippen molar-refractivity contribution in [2.45, 2.75) is 32.1 Å². The molecule has 0 aliphatic rings. The fraction of sp³-hybridized carbons (Fsp3) is 0.471. The van der Waals surface area contributed by atoms with Crippen molar-refractivity contribution in [3.63, 3.8) is 0 Å². The van der Waals surface area contributed by atoms with Gasteiger partial charge in [0.25, 0.3) is 0 Å². The van der Waals surface area contributed by atoms with E-state index in [1.807, 2.05) is 43.6 Å². The largest absolute Gasteiger partial charge is 0.312 e. The van der Waals surface area contributed by atoms with Crippen LogP contribution in [-0.4, -0.2) is 30.5 Å². The average molecular weight is 372 g/mol. The van der Waals surface area contributed by atoms with Gasteiger partial charge in [-0.3, -0.25) is 4.68 Å². The molecular formula is C17H26ClN3O2S. The average Bonchev–Trinajstić information content (AvgIpc) is 2.85.